The maximum atomic E-state index is 12.5. The van der Waals surface area contributed by atoms with Gasteiger partial charge in [-0.1, -0.05) is 62.8 Å². The number of hydrogen-bond donors (Lipinski definition) is 3. The molecule has 1 saturated heterocycles. The molecule has 0 bridgehead atoms. The minimum absolute atomic E-state index is 0.0106. The molecule has 1 aromatic carbocycles. The van der Waals surface area contributed by atoms with Crippen LogP contribution >= 0.6 is 0 Å². The van der Waals surface area contributed by atoms with Crippen LogP contribution in [0, 0.1) is 0 Å². The van der Waals surface area contributed by atoms with Gasteiger partial charge >= 0.3 is 0 Å². The Kier molecular flexibility index (Phi) is 8.08. The molecule has 2 aromatic heterocycles. The summed E-state index contributed by atoms with van der Waals surface area (Å²) in [5.74, 6) is 1.14. The van der Waals surface area contributed by atoms with Gasteiger partial charge in [0.2, 0.25) is 11.8 Å². The van der Waals surface area contributed by atoms with Crippen molar-refractivity contribution in [2.24, 2.45) is 4.99 Å². The van der Waals surface area contributed by atoms with E-state index in [1.165, 1.54) is 6.08 Å². The Bertz CT molecular complexity index is 1390. The molecular weight excluding hydrogens is 496 g/mol. The van der Waals surface area contributed by atoms with Crippen molar-refractivity contribution < 1.29 is 14.1 Å². The number of rotatable bonds is 9. The molecule has 0 saturated carbocycles. The van der Waals surface area contributed by atoms with Gasteiger partial charge in [0.05, 0.1) is 5.56 Å². The number of H-pyrrole nitrogens is 1. The SMILES string of the molecule is C=CC(=O)N1CC[C@@H](Nc2[nH]nc(N=C)c2/C(=C\C)c2ccc(CNC(=O)c3noc(C(C)(C)C)n3)cc2)C1. The predicted molar refractivity (Wildman–Crippen MR) is 150 cm³/mol. The highest BCUT2D eigenvalue weighted by molar-refractivity contribution is 5.91. The molecule has 2 amide bonds. The number of nitrogens with zero attached hydrogens (tertiary/aromatic N) is 5. The van der Waals surface area contributed by atoms with Gasteiger partial charge in [0.25, 0.3) is 11.7 Å². The molecule has 0 aliphatic carbocycles. The van der Waals surface area contributed by atoms with Gasteiger partial charge in [0.1, 0.15) is 5.82 Å². The summed E-state index contributed by atoms with van der Waals surface area (Å²) in [5, 5.41) is 17.5. The summed E-state index contributed by atoms with van der Waals surface area (Å²) in [4.78, 5) is 34.6. The highest BCUT2D eigenvalue weighted by Gasteiger charge is 2.27. The molecule has 1 atom stereocenters. The molecule has 0 spiro atoms. The molecular formula is C28H34N8O3. The molecule has 11 nitrogen and oxygen atoms in total. The number of benzene rings is 1. The lowest BCUT2D eigenvalue weighted by molar-refractivity contribution is -0.125. The average molecular weight is 531 g/mol. The molecule has 0 radical (unpaired) electrons. The van der Waals surface area contributed by atoms with E-state index in [1.807, 2.05) is 58.0 Å². The maximum absolute atomic E-state index is 12.5. The topological polar surface area (TPSA) is 141 Å². The number of anilines is 1. The molecule has 39 heavy (non-hydrogen) atoms. The first kappa shape index (κ1) is 27.5. The number of aliphatic imine (C=N–C) groups is 1. The fourth-order valence-corrected chi connectivity index (χ4v) is 4.36. The van der Waals surface area contributed by atoms with Crippen LogP contribution in [0.3, 0.4) is 0 Å². The molecule has 0 unspecified atom stereocenters. The number of likely N-dealkylation sites (tertiary alicyclic amines) is 1. The van der Waals surface area contributed by atoms with Crippen LogP contribution in [0.15, 0.2) is 52.5 Å². The Morgan fingerprint density at radius 3 is 2.64 bits per heavy atom. The summed E-state index contributed by atoms with van der Waals surface area (Å²) in [5.41, 5.74) is 3.24. The van der Waals surface area contributed by atoms with Crippen LogP contribution in [-0.4, -0.2) is 62.9 Å². The van der Waals surface area contributed by atoms with Crippen LogP contribution in [0.2, 0.25) is 0 Å². The quantitative estimate of drug-likeness (QED) is 0.280. The smallest absolute Gasteiger partial charge is 0.292 e. The zero-order valence-corrected chi connectivity index (χ0v) is 22.7. The summed E-state index contributed by atoms with van der Waals surface area (Å²) >= 11 is 0. The van der Waals surface area contributed by atoms with E-state index in [9.17, 15) is 9.59 Å². The van der Waals surface area contributed by atoms with Crippen molar-refractivity contribution in [3.05, 3.63) is 71.4 Å². The van der Waals surface area contributed by atoms with Crippen LogP contribution in [0.5, 0.6) is 0 Å². The number of hydrogen-bond acceptors (Lipinski definition) is 8. The summed E-state index contributed by atoms with van der Waals surface area (Å²) in [6.45, 7) is 16.6. The molecule has 3 heterocycles. The second-order valence-electron chi connectivity index (χ2n) is 10.3. The van der Waals surface area contributed by atoms with Crippen LogP contribution in [0.4, 0.5) is 11.6 Å². The Balaban J connectivity index is 1.45. The van der Waals surface area contributed by atoms with E-state index in [-0.39, 0.29) is 23.2 Å². The summed E-state index contributed by atoms with van der Waals surface area (Å²) in [7, 11) is 0. The summed E-state index contributed by atoms with van der Waals surface area (Å²) in [6.07, 6.45) is 4.14. The third-order valence-electron chi connectivity index (χ3n) is 6.47. The highest BCUT2D eigenvalue weighted by atomic mass is 16.5. The van der Waals surface area contributed by atoms with E-state index in [1.54, 1.807) is 4.90 Å². The van der Waals surface area contributed by atoms with Crippen LogP contribution in [0.25, 0.3) is 5.57 Å². The Morgan fingerprint density at radius 2 is 2.03 bits per heavy atom. The van der Waals surface area contributed by atoms with Crippen molar-refractivity contribution in [1.82, 2.24) is 30.6 Å². The van der Waals surface area contributed by atoms with Gasteiger partial charge in [-0.15, -0.1) is 0 Å². The van der Waals surface area contributed by atoms with E-state index >= 15 is 0 Å². The van der Waals surface area contributed by atoms with Crippen molar-refractivity contribution in [3.8, 4) is 0 Å². The lowest BCUT2D eigenvalue weighted by Gasteiger charge is -2.17. The number of aromatic amines is 1. The molecule has 1 fully saturated rings. The first-order chi connectivity index (χ1) is 18.6. The van der Waals surface area contributed by atoms with Gasteiger partial charge in [0.15, 0.2) is 5.82 Å². The number of amides is 2. The zero-order chi connectivity index (χ0) is 28.2. The molecule has 1 aliphatic rings. The van der Waals surface area contributed by atoms with E-state index < -0.39 is 5.91 Å². The fraction of sp³-hybridized carbons (Fsp3) is 0.357. The van der Waals surface area contributed by atoms with Gasteiger partial charge in [0, 0.05) is 31.1 Å². The van der Waals surface area contributed by atoms with Gasteiger partial charge in [-0.2, -0.15) is 10.1 Å². The Hall–Kier alpha value is -4.54. The normalized spacial score (nSPS) is 15.7. The van der Waals surface area contributed by atoms with Crippen molar-refractivity contribution in [2.45, 2.75) is 52.1 Å². The summed E-state index contributed by atoms with van der Waals surface area (Å²) in [6, 6.07) is 7.91. The molecule has 4 rings (SSSR count). The molecule has 3 aromatic rings. The zero-order valence-electron chi connectivity index (χ0n) is 22.7. The second kappa shape index (κ2) is 11.5. The van der Waals surface area contributed by atoms with Crippen molar-refractivity contribution in [2.75, 3.05) is 18.4 Å². The van der Waals surface area contributed by atoms with Crippen LogP contribution < -0.4 is 10.6 Å². The first-order valence-corrected chi connectivity index (χ1v) is 12.8. The van der Waals surface area contributed by atoms with E-state index in [4.69, 9.17) is 4.52 Å². The third kappa shape index (κ3) is 6.14. The predicted octanol–water partition coefficient (Wildman–Crippen LogP) is 4.00. The number of aromatic nitrogens is 4. The monoisotopic (exact) mass is 530 g/mol. The number of carbonyl (C=O) groups is 2. The van der Waals surface area contributed by atoms with Crippen molar-refractivity contribution in [3.63, 3.8) is 0 Å². The molecule has 11 heteroatoms. The van der Waals surface area contributed by atoms with Crippen LogP contribution in [-0.2, 0) is 16.8 Å². The van der Waals surface area contributed by atoms with Crippen molar-refractivity contribution >= 4 is 35.7 Å². The minimum atomic E-state index is -0.399. The fourth-order valence-electron chi connectivity index (χ4n) is 4.36. The largest absolute Gasteiger partial charge is 0.365 e. The first-order valence-electron chi connectivity index (χ1n) is 12.8. The lowest BCUT2D eigenvalue weighted by Crippen LogP contribution is -2.30. The van der Waals surface area contributed by atoms with E-state index in [0.717, 1.165) is 34.5 Å². The van der Waals surface area contributed by atoms with Gasteiger partial charge in [-0.3, -0.25) is 14.7 Å². The van der Waals surface area contributed by atoms with Crippen molar-refractivity contribution in [1.29, 1.82) is 0 Å². The summed E-state index contributed by atoms with van der Waals surface area (Å²) < 4.78 is 5.21. The van der Waals surface area contributed by atoms with E-state index in [0.29, 0.717) is 31.3 Å². The van der Waals surface area contributed by atoms with E-state index in [2.05, 4.69) is 49.3 Å². The number of nitrogens with one attached hydrogen (secondary N) is 3. The third-order valence-corrected chi connectivity index (χ3v) is 6.47. The number of allylic oxidation sites excluding steroid dienone is 1. The van der Waals surface area contributed by atoms with Crippen LogP contribution in [0.1, 0.15) is 67.3 Å². The van der Waals surface area contributed by atoms with Gasteiger partial charge < -0.3 is 20.1 Å². The highest BCUT2D eigenvalue weighted by Crippen LogP contribution is 2.36. The average Bonchev–Trinajstić information content (AvgIpc) is 3.69. The Labute approximate surface area is 227 Å². The Morgan fingerprint density at radius 1 is 1.28 bits per heavy atom. The standard InChI is InChI=1S/C28H34N8O3/c1-7-20(22-23(29-6)33-34-24(22)31-19-13-14-36(16-19)21(37)8-2)18-11-9-17(10-12-18)15-30-26(38)25-32-27(39-35-25)28(3,4)5/h7-12,19H,2,6,13-16H2,1,3-5H3,(H,30,38)(H2,31,33,34)/b20-7-/t19-/m1/s1. The molecule has 204 valence electrons. The number of carbonyl (C=O) groups excluding carboxylic acids is 2. The lowest BCUT2D eigenvalue weighted by atomic mass is 9.97. The second-order valence-corrected chi connectivity index (χ2v) is 10.3. The molecule has 3 N–H and O–H groups in total. The van der Waals surface area contributed by atoms with Gasteiger partial charge in [-0.05, 0) is 42.8 Å². The minimum Gasteiger partial charge on any atom is -0.365 e. The van der Waals surface area contributed by atoms with Gasteiger partial charge in [-0.25, -0.2) is 4.99 Å². The maximum Gasteiger partial charge on any atom is 0.292 e. The molecule has 1 aliphatic heterocycles.